The largest absolute Gasteiger partial charge is 0.381 e. The first kappa shape index (κ1) is 33.7. The summed E-state index contributed by atoms with van der Waals surface area (Å²) >= 11 is 12.3. The molecule has 11 heteroatoms. The van der Waals surface area contributed by atoms with Crippen LogP contribution in [-0.2, 0) is 15.0 Å². The summed E-state index contributed by atoms with van der Waals surface area (Å²) in [5.41, 5.74) is -0.780. The van der Waals surface area contributed by atoms with Crippen LogP contribution in [0.4, 0.5) is 8.78 Å². The third-order valence-corrected chi connectivity index (χ3v) is 9.35. The van der Waals surface area contributed by atoms with E-state index in [2.05, 4.69) is 15.5 Å². The van der Waals surface area contributed by atoms with Crippen LogP contribution >= 0.6 is 23.2 Å². The normalized spacial score (nSPS) is 25.2. The lowest BCUT2D eigenvalue weighted by Crippen LogP contribution is -2.48. The number of rotatable bonds is 10. The molecule has 3 N–H and O–H groups in total. The SMILES string of the molecule is Cc1cc(Cl)c(F)cc1[C@]1(C=O)[C@@H](CC(C)(C)C)N[C@@H](C(=O)NCCCN2CCN(CO)CC2)[C@@H]1c1cccc(Cl)c1F. The number of aliphatic hydroxyl groups excluding tert-OH is 1. The van der Waals surface area contributed by atoms with Crippen molar-refractivity contribution in [3.05, 3.63) is 68.7 Å². The summed E-state index contributed by atoms with van der Waals surface area (Å²) in [7, 11) is 0. The van der Waals surface area contributed by atoms with Crippen molar-refractivity contribution in [1.29, 1.82) is 0 Å². The number of nitrogens with zero attached hydrogens (tertiary/aromatic N) is 2. The zero-order chi connectivity index (χ0) is 31.5. The molecule has 7 nitrogen and oxygen atoms in total. The molecule has 4 rings (SSSR count). The Bertz CT molecular complexity index is 1320. The van der Waals surface area contributed by atoms with Crippen molar-refractivity contribution in [2.45, 2.75) is 64.0 Å². The second kappa shape index (κ2) is 13.9. The summed E-state index contributed by atoms with van der Waals surface area (Å²) in [5, 5.41) is 15.5. The Hall–Kier alpha value is -2.14. The second-order valence-electron chi connectivity index (χ2n) is 13.0. The maximum absolute atomic E-state index is 15.8. The Labute approximate surface area is 262 Å². The molecule has 2 fully saturated rings. The summed E-state index contributed by atoms with van der Waals surface area (Å²) in [6.07, 6.45) is 1.88. The molecule has 0 aromatic heterocycles. The minimum absolute atomic E-state index is 0.0490. The topological polar surface area (TPSA) is 84.9 Å². The molecule has 0 spiro atoms. The van der Waals surface area contributed by atoms with Gasteiger partial charge in [0.2, 0.25) is 5.91 Å². The highest BCUT2D eigenvalue weighted by Gasteiger charge is 2.60. The van der Waals surface area contributed by atoms with Crippen molar-refractivity contribution >= 4 is 35.4 Å². The lowest BCUT2D eigenvalue weighted by atomic mass is 9.62. The van der Waals surface area contributed by atoms with Gasteiger partial charge in [-0.1, -0.05) is 56.1 Å². The van der Waals surface area contributed by atoms with Crippen LogP contribution in [0.1, 0.15) is 56.2 Å². The number of nitrogens with one attached hydrogen (secondary N) is 2. The molecule has 2 aliphatic heterocycles. The van der Waals surface area contributed by atoms with E-state index in [0.29, 0.717) is 30.5 Å². The summed E-state index contributed by atoms with van der Waals surface area (Å²) < 4.78 is 30.9. The Balaban J connectivity index is 1.71. The van der Waals surface area contributed by atoms with Crippen LogP contribution in [0.25, 0.3) is 0 Å². The van der Waals surface area contributed by atoms with Crippen LogP contribution in [-0.4, -0.2) is 85.2 Å². The number of aldehydes is 1. The fourth-order valence-corrected chi connectivity index (χ4v) is 7.07. The van der Waals surface area contributed by atoms with Crippen molar-refractivity contribution in [2.24, 2.45) is 5.41 Å². The van der Waals surface area contributed by atoms with E-state index in [1.165, 1.54) is 18.2 Å². The molecule has 2 aromatic rings. The van der Waals surface area contributed by atoms with E-state index in [9.17, 15) is 14.7 Å². The van der Waals surface area contributed by atoms with Crippen LogP contribution in [0.15, 0.2) is 30.3 Å². The van der Waals surface area contributed by atoms with Crippen LogP contribution in [0.2, 0.25) is 10.0 Å². The summed E-state index contributed by atoms with van der Waals surface area (Å²) in [6, 6.07) is 5.62. The fraction of sp³-hybridized carbons (Fsp3) is 0.562. The number of hydrogen-bond donors (Lipinski definition) is 3. The smallest absolute Gasteiger partial charge is 0.237 e. The highest BCUT2D eigenvalue weighted by Crippen LogP contribution is 2.52. The van der Waals surface area contributed by atoms with E-state index in [1.807, 2.05) is 25.7 Å². The molecule has 236 valence electrons. The van der Waals surface area contributed by atoms with E-state index in [0.717, 1.165) is 39.0 Å². The molecular formula is C32H42Cl2F2N4O3. The first-order valence-electron chi connectivity index (χ1n) is 14.8. The van der Waals surface area contributed by atoms with Gasteiger partial charge in [0.05, 0.1) is 28.2 Å². The number of benzene rings is 2. The number of halogens is 4. The van der Waals surface area contributed by atoms with Gasteiger partial charge in [0.1, 0.15) is 17.9 Å². The highest BCUT2D eigenvalue weighted by molar-refractivity contribution is 6.31. The van der Waals surface area contributed by atoms with Gasteiger partial charge < -0.3 is 25.4 Å². The fourth-order valence-electron chi connectivity index (χ4n) is 6.67. The lowest BCUT2D eigenvalue weighted by molar-refractivity contribution is -0.123. The number of aliphatic hydroxyl groups is 1. The second-order valence-corrected chi connectivity index (χ2v) is 13.8. The van der Waals surface area contributed by atoms with Crippen LogP contribution in [0.5, 0.6) is 0 Å². The monoisotopic (exact) mass is 638 g/mol. The number of amides is 1. The zero-order valence-corrected chi connectivity index (χ0v) is 26.7. The van der Waals surface area contributed by atoms with Gasteiger partial charge in [0.25, 0.3) is 0 Å². The molecule has 0 aliphatic carbocycles. The van der Waals surface area contributed by atoms with Crippen LogP contribution in [0.3, 0.4) is 0 Å². The van der Waals surface area contributed by atoms with Crippen LogP contribution in [0, 0.1) is 24.0 Å². The Morgan fingerprint density at radius 3 is 2.44 bits per heavy atom. The number of carbonyl (C=O) groups excluding carboxylic acids is 2. The Morgan fingerprint density at radius 2 is 1.81 bits per heavy atom. The standard InChI is InChI=1S/C32H42Cl2F2N4O3/c1-20-15-24(34)25(35)16-22(20)32(18-41)26(17-31(2,3)4)38-29(27(32)21-7-5-8-23(33)28(21)36)30(43)37-9-6-10-39-11-13-40(19-42)14-12-39/h5,7-8,15-16,18,26-27,29,38,42H,6,9-14,17,19H2,1-4H3,(H,37,43)/t26-,27+,29-,32-/m1/s1. The molecule has 2 aromatic carbocycles. The summed E-state index contributed by atoms with van der Waals surface area (Å²) in [4.78, 5) is 31.7. The highest BCUT2D eigenvalue weighted by atomic mass is 35.5. The van der Waals surface area contributed by atoms with Gasteiger partial charge in [-0.15, -0.1) is 0 Å². The summed E-state index contributed by atoms with van der Waals surface area (Å²) in [5.74, 6) is -2.81. The van der Waals surface area contributed by atoms with Gasteiger partial charge in [0, 0.05) is 44.7 Å². The molecule has 2 aliphatic rings. The number of piperazine rings is 1. The van der Waals surface area contributed by atoms with Crippen molar-refractivity contribution in [2.75, 3.05) is 46.0 Å². The zero-order valence-electron chi connectivity index (χ0n) is 25.2. The first-order chi connectivity index (χ1) is 20.3. The minimum atomic E-state index is -1.51. The number of hydrogen-bond acceptors (Lipinski definition) is 6. The molecule has 0 unspecified atom stereocenters. The number of carbonyl (C=O) groups is 2. The van der Waals surface area contributed by atoms with E-state index in [-0.39, 0.29) is 33.7 Å². The third kappa shape index (κ3) is 7.24. The molecule has 4 atom stereocenters. The lowest BCUT2D eigenvalue weighted by Gasteiger charge is -2.39. The van der Waals surface area contributed by atoms with Crippen molar-refractivity contribution in [3.63, 3.8) is 0 Å². The molecule has 0 saturated carbocycles. The molecule has 43 heavy (non-hydrogen) atoms. The van der Waals surface area contributed by atoms with Crippen LogP contribution < -0.4 is 10.6 Å². The van der Waals surface area contributed by atoms with Crippen molar-refractivity contribution < 1.29 is 23.5 Å². The molecule has 2 heterocycles. The van der Waals surface area contributed by atoms with Crippen molar-refractivity contribution in [1.82, 2.24) is 20.4 Å². The summed E-state index contributed by atoms with van der Waals surface area (Å²) in [6.45, 7) is 12.2. The minimum Gasteiger partial charge on any atom is -0.381 e. The van der Waals surface area contributed by atoms with Gasteiger partial charge in [-0.2, -0.15) is 0 Å². The predicted molar refractivity (Wildman–Crippen MR) is 166 cm³/mol. The Morgan fingerprint density at radius 1 is 1.14 bits per heavy atom. The molecule has 1 amide bonds. The third-order valence-electron chi connectivity index (χ3n) is 8.76. The quantitative estimate of drug-likeness (QED) is 0.260. The average Bonchev–Trinajstić information content (AvgIpc) is 3.27. The average molecular weight is 640 g/mol. The first-order valence-corrected chi connectivity index (χ1v) is 15.5. The van der Waals surface area contributed by atoms with Gasteiger partial charge in [-0.25, -0.2) is 8.78 Å². The van der Waals surface area contributed by atoms with Crippen molar-refractivity contribution in [3.8, 4) is 0 Å². The number of aryl methyl sites for hydroxylation is 1. The van der Waals surface area contributed by atoms with E-state index < -0.39 is 35.1 Å². The molecule has 0 bridgehead atoms. The van der Waals surface area contributed by atoms with E-state index >= 15 is 8.78 Å². The molecular weight excluding hydrogens is 597 g/mol. The predicted octanol–water partition coefficient (Wildman–Crippen LogP) is 4.65. The van der Waals surface area contributed by atoms with E-state index in [1.54, 1.807) is 19.1 Å². The maximum atomic E-state index is 15.8. The molecule has 2 saturated heterocycles. The van der Waals surface area contributed by atoms with Gasteiger partial charge in [0.15, 0.2) is 0 Å². The van der Waals surface area contributed by atoms with Gasteiger partial charge >= 0.3 is 0 Å². The maximum Gasteiger partial charge on any atom is 0.237 e. The molecule has 0 radical (unpaired) electrons. The van der Waals surface area contributed by atoms with Gasteiger partial charge in [-0.3, -0.25) is 9.69 Å². The Kier molecular flexibility index (Phi) is 10.9. The van der Waals surface area contributed by atoms with Gasteiger partial charge in [-0.05, 0) is 66.6 Å². The van der Waals surface area contributed by atoms with E-state index in [4.69, 9.17) is 23.2 Å².